The van der Waals surface area contributed by atoms with Gasteiger partial charge in [0.2, 0.25) is 0 Å². The number of ether oxygens (including phenoxy) is 1. The molecule has 0 heterocycles. The van der Waals surface area contributed by atoms with Crippen LogP contribution in [-0.2, 0) is 0 Å². The second kappa shape index (κ2) is 6.57. The third-order valence-electron chi connectivity index (χ3n) is 3.07. The predicted octanol–water partition coefficient (Wildman–Crippen LogP) is 4.93. The quantitative estimate of drug-likeness (QED) is 0.843. The van der Waals surface area contributed by atoms with Gasteiger partial charge in [0.25, 0.3) is 0 Å². The fourth-order valence-corrected chi connectivity index (χ4v) is 2.11. The minimum absolute atomic E-state index is 0.0363. The van der Waals surface area contributed by atoms with E-state index in [2.05, 4.69) is 5.32 Å². The number of halogens is 2. The van der Waals surface area contributed by atoms with Crippen LogP contribution in [0.15, 0.2) is 42.5 Å². The molecule has 21 heavy (non-hydrogen) atoms. The summed E-state index contributed by atoms with van der Waals surface area (Å²) in [6.45, 7) is 5.66. The molecule has 0 spiro atoms. The zero-order chi connectivity index (χ0) is 15.4. The van der Waals surface area contributed by atoms with Gasteiger partial charge < -0.3 is 10.1 Å². The molecular weight excluding hydrogens is 272 g/mol. The molecule has 0 saturated heterocycles. The van der Waals surface area contributed by atoms with E-state index in [1.807, 2.05) is 38.1 Å². The molecule has 2 aromatic rings. The molecule has 1 unspecified atom stereocenters. The Balaban J connectivity index is 2.23. The molecule has 0 amide bonds. The van der Waals surface area contributed by atoms with E-state index in [1.54, 1.807) is 13.0 Å². The van der Waals surface area contributed by atoms with E-state index in [4.69, 9.17) is 4.74 Å². The van der Waals surface area contributed by atoms with Crippen molar-refractivity contribution < 1.29 is 13.5 Å². The van der Waals surface area contributed by atoms with Crippen LogP contribution in [0, 0.1) is 11.6 Å². The average Bonchev–Trinajstić information content (AvgIpc) is 2.43. The van der Waals surface area contributed by atoms with Gasteiger partial charge in [-0.1, -0.05) is 24.3 Å². The minimum Gasteiger partial charge on any atom is -0.489 e. The van der Waals surface area contributed by atoms with Gasteiger partial charge in [-0.25, -0.2) is 8.78 Å². The normalized spacial score (nSPS) is 12.3. The highest BCUT2D eigenvalue weighted by Crippen LogP contribution is 2.30. The first kappa shape index (κ1) is 15.3. The van der Waals surface area contributed by atoms with Crippen LogP contribution in [0.3, 0.4) is 0 Å². The Hall–Kier alpha value is -2.10. The Labute approximate surface area is 123 Å². The topological polar surface area (TPSA) is 21.3 Å². The summed E-state index contributed by atoms with van der Waals surface area (Å²) in [4.78, 5) is 0. The number of anilines is 1. The molecule has 2 aromatic carbocycles. The Bertz CT molecular complexity index is 613. The summed E-state index contributed by atoms with van der Waals surface area (Å²) in [5.41, 5.74) is 1.04. The van der Waals surface area contributed by atoms with Crippen LogP contribution in [0.2, 0.25) is 0 Å². The van der Waals surface area contributed by atoms with Gasteiger partial charge in [0, 0.05) is 5.56 Å². The zero-order valence-electron chi connectivity index (χ0n) is 12.4. The maximum absolute atomic E-state index is 13.8. The smallest absolute Gasteiger partial charge is 0.164 e. The van der Waals surface area contributed by atoms with Gasteiger partial charge in [0.15, 0.2) is 11.6 Å². The molecule has 2 nitrogen and oxygen atoms in total. The Morgan fingerprint density at radius 3 is 2.38 bits per heavy atom. The summed E-state index contributed by atoms with van der Waals surface area (Å²) < 4.78 is 32.8. The zero-order valence-corrected chi connectivity index (χ0v) is 12.4. The standard InChI is InChI=1S/C17H19F2NO/c1-11(2)21-16-10-5-4-9-15(16)20-12(3)13-7-6-8-14(18)17(13)19/h4-12,20H,1-3H3. The second-order valence-corrected chi connectivity index (χ2v) is 5.17. The van der Waals surface area contributed by atoms with Crippen LogP contribution in [-0.4, -0.2) is 6.10 Å². The minimum atomic E-state index is -0.840. The van der Waals surface area contributed by atoms with Crippen molar-refractivity contribution >= 4 is 5.69 Å². The van der Waals surface area contributed by atoms with Gasteiger partial charge in [0.1, 0.15) is 5.75 Å². The van der Waals surface area contributed by atoms with Crippen LogP contribution in [0.25, 0.3) is 0 Å². The molecule has 112 valence electrons. The summed E-state index contributed by atoms with van der Waals surface area (Å²) in [5, 5.41) is 3.17. The van der Waals surface area contributed by atoms with Gasteiger partial charge in [-0.3, -0.25) is 0 Å². The number of nitrogens with one attached hydrogen (secondary N) is 1. The first-order valence-corrected chi connectivity index (χ1v) is 6.95. The predicted molar refractivity (Wildman–Crippen MR) is 80.6 cm³/mol. The SMILES string of the molecule is CC(C)Oc1ccccc1NC(C)c1cccc(F)c1F. The van der Waals surface area contributed by atoms with Crippen molar-refractivity contribution in [3.05, 3.63) is 59.7 Å². The maximum Gasteiger partial charge on any atom is 0.164 e. The van der Waals surface area contributed by atoms with E-state index in [1.165, 1.54) is 6.07 Å². The fraction of sp³-hybridized carbons (Fsp3) is 0.294. The number of hydrogen-bond acceptors (Lipinski definition) is 2. The first-order valence-electron chi connectivity index (χ1n) is 6.95. The van der Waals surface area contributed by atoms with Crippen molar-refractivity contribution in [1.82, 2.24) is 0 Å². The molecule has 2 rings (SSSR count). The third-order valence-corrected chi connectivity index (χ3v) is 3.07. The largest absolute Gasteiger partial charge is 0.489 e. The third kappa shape index (κ3) is 3.72. The highest BCUT2D eigenvalue weighted by atomic mass is 19.2. The van der Waals surface area contributed by atoms with Crippen molar-refractivity contribution in [3.8, 4) is 5.75 Å². The lowest BCUT2D eigenvalue weighted by Crippen LogP contribution is -2.12. The fourth-order valence-electron chi connectivity index (χ4n) is 2.11. The summed E-state index contributed by atoms with van der Waals surface area (Å²) in [6.07, 6.45) is 0.0363. The Morgan fingerprint density at radius 1 is 0.952 bits per heavy atom. The van der Waals surface area contributed by atoms with Gasteiger partial charge in [-0.2, -0.15) is 0 Å². The number of hydrogen-bond donors (Lipinski definition) is 1. The van der Waals surface area contributed by atoms with Gasteiger partial charge in [-0.15, -0.1) is 0 Å². The molecule has 0 fully saturated rings. The van der Waals surface area contributed by atoms with Crippen LogP contribution in [0.5, 0.6) is 5.75 Å². The molecule has 0 radical (unpaired) electrons. The first-order chi connectivity index (χ1) is 9.99. The van der Waals surface area contributed by atoms with E-state index in [-0.39, 0.29) is 17.7 Å². The molecular formula is C17H19F2NO. The lowest BCUT2D eigenvalue weighted by atomic mass is 10.1. The maximum atomic E-state index is 13.8. The van der Waals surface area contributed by atoms with Gasteiger partial charge >= 0.3 is 0 Å². The van der Waals surface area contributed by atoms with Gasteiger partial charge in [0.05, 0.1) is 17.8 Å². The van der Waals surface area contributed by atoms with Crippen molar-refractivity contribution in [2.45, 2.75) is 32.9 Å². The van der Waals surface area contributed by atoms with E-state index < -0.39 is 11.6 Å². The molecule has 1 atom stereocenters. The van der Waals surface area contributed by atoms with Crippen molar-refractivity contribution in [3.63, 3.8) is 0 Å². The molecule has 4 heteroatoms. The van der Waals surface area contributed by atoms with E-state index in [0.29, 0.717) is 5.75 Å². The van der Waals surface area contributed by atoms with Crippen molar-refractivity contribution in [1.29, 1.82) is 0 Å². The molecule has 0 saturated carbocycles. The lowest BCUT2D eigenvalue weighted by molar-refractivity contribution is 0.243. The van der Waals surface area contributed by atoms with E-state index in [0.717, 1.165) is 11.8 Å². The van der Waals surface area contributed by atoms with E-state index in [9.17, 15) is 8.78 Å². The number of benzene rings is 2. The average molecular weight is 291 g/mol. The molecule has 0 bridgehead atoms. The highest BCUT2D eigenvalue weighted by Gasteiger charge is 2.15. The van der Waals surface area contributed by atoms with Crippen molar-refractivity contribution in [2.75, 3.05) is 5.32 Å². The summed E-state index contributed by atoms with van der Waals surface area (Å²) in [7, 11) is 0. The molecule has 0 aliphatic carbocycles. The van der Waals surface area contributed by atoms with Crippen LogP contribution in [0.4, 0.5) is 14.5 Å². The van der Waals surface area contributed by atoms with Crippen molar-refractivity contribution in [2.24, 2.45) is 0 Å². The summed E-state index contributed by atoms with van der Waals surface area (Å²) in [6, 6.07) is 11.2. The summed E-state index contributed by atoms with van der Waals surface area (Å²) >= 11 is 0. The molecule has 0 aliphatic heterocycles. The highest BCUT2D eigenvalue weighted by molar-refractivity contribution is 5.57. The molecule has 0 aromatic heterocycles. The number of para-hydroxylation sites is 2. The van der Waals surface area contributed by atoms with E-state index >= 15 is 0 Å². The monoisotopic (exact) mass is 291 g/mol. The number of rotatable bonds is 5. The lowest BCUT2D eigenvalue weighted by Gasteiger charge is -2.20. The molecule has 0 aliphatic rings. The van der Waals surface area contributed by atoms with Crippen LogP contribution < -0.4 is 10.1 Å². The van der Waals surface area contributed by atoms with Gasteiger partial charge in [-0.05, 0) is 39.0 Å². The second-order valence-electron chi connectivity index (χ2n) is 5.17. The summed E-state index contributed by atoms with van der Waals surface area (Å²) in [5.74, 6) is -0.969. The Morgan fingerprint density at radius 2 is 1.67 bits per heavy atom. The van der Waals surface area contributed by atoms with Crippen LogP contribution >= 0.6 is 0 Å². The van der Waals surface area contributed by atoms with Crippen LogP contribution in [0.1, 0.15) is 32.4 Å². The Kier molecular flexibility index (Phi) is 4.78. The molecule has 1 N–H and O–H groups in total.